The lowest BCUT2D eigenvalue weighted by molar-refractivity contribution is -0.156. The normalized spacial score (nSPS) is 23.5. The summed E-state index contributed by atoms with van der Waals surface area (Å²) in [6.07, 6.45) is 1.65. The van der Waals surface area contributed by atoms with Crippen LogP contribution < -0.4 is 5.32 Å². The van der Waals surface area contributed by atoms with E-state index < -0.39 is 23.6 Å². The van der Waals surface area contributed by atoms with Crippen molar-refractivity contribution in [2.24, 2.45) is 5.92 Å². The number of hydrogen-bond donors (Lipinski definition) is 2. The molecule has 34 heavy (non-hydrogen) atoms. The Morgan fingerprint density at radius 1 is 1.03 bits per heavy atom. The highest BCUT2D eigenvalue weighted by Crippen LogP contribution is 2.47. The van der Waals surface area contributed by atoms with Crippen molar-refractivity contribution in [3.05, 3.63) is 59.7 Å². The van der Waals surface area contributed by atoms with Gasteiger partial charge >= 0.3 is 12.1 Å². The third-order valence-corrected chi connectivity index (χ3v) is 7.79. The van der Waals surface area contributed by atoms with E-state index in [2.05, 4.69) is 29.6 Å². The molecule has 0 aromatic heterocycles. The molecule has 7 nitrogen and oxygen atoms in total. The van der Waals surface area contributed by atoms with Crippen molar-refractivity contribution in [2.45, 2.75) is 63.1 Å². The van der Waals surface area contributed by atoms with E-state index in [4.69, 9.17) is 4.74 Å². The fourth-order valence-electron chi connectivity index (χ4n) is 6.07. The van der Waals surface area contributed by atoms with Gasteiger partial charge in [0, 0.05) is 12.0 Å². The predicted molar refractivity (Wildman–Crippen MR) is 126 cm³/mol. The van der Waals surface area contributed by atoms with Crippen LogP contribution in [0.5, 0.6) is 0 Å². The van der Waals surface area contributed by atoms with Gasteiger partial charge in [-0.15, -0.1) is 0 Å². The number of carbonyl (C=O) groups excluding carboxylic acids is 2. The Labute approximate surface area is 199 Å². The van der Waals surface area contributed by atoms with E-state index in [1.807, 2.05) is 38.1 Å². The molecule has 2 bridgehead atoms. The van der Waals surface area contributed by atoms with Crippen molar-refractivity contribution < 1.29 is 24.2 Å². The molecular weight excluding hydrogens is 432 g/mol. The van der Waals surface area contributed by atoms with E-state index in [1.165, 1.54) is 4.90 Å². The number of nitrogens with one attached hydrogen (secondary N) is 1. The standard InChI is InChI=1S/C27H30N2O5/c1-16(2)23(24(30)29-17-11-13-27(29,14-12-17)25(31)32)28-26(33)34-15-22-20-9-5-3-7-18(20)19-8-4-6-10-21(19)22/h3-10,16-17,22-23H,11-15H2,1-2H3,(H,28,33)(H,31,32)/t17?,23-,27?/m1/s1. The first-order valence-corrected chi connectivity index (χ1v) is 12.0. The van der Waals surface area contributed by atoms with Crippen molar-refractivity contribution >= 4 is 18.0 Å². The molecule has 0 saturated carbocycles. The molecule has 178 valence electrons. The lowest BCUT2D eigenvalue weighted by atomic mass is 9.88. The Morgan fingerprint density at radius 3 is 2.12 bits per heavy atom. The number of rotatable bonds is 6. The van der Waals surface area contributed by atoms with Crippen LogP contribution in [0.3, 0.4) is 0 Å². The van der Waals surface area contributed by atoms with Gasteiger partial charge in [-0.2, -0.15) is 0 Å². The van der Waals surface area contributed by atoms with Crippen LogP contribution in [-0.4, -0.2) is 52.2 Å². The SMILES string of the molecule is CC(C)[C@@H](NC(=O)OCC1c2ccccc2-c2ccccc21)C(=O)N1C2CCC1(C(=O)O)CC2. The highest BCUT2D eigenvalue weighted by Gasteiger charge is 2.59. The molecule has 2 aliphatic heterocycles. The molecule has 7 heteroatoms. The Bertz CT molecular complexity index is 1090. The third kappa shape index (κ3) is 3.45. The van der Waals surface area contributed by atoms with E-state index in [1.54, 1.807) is 0 Å². The molecule has 0 unspecified atom stereocenters. The van der Waals surface area contributed by atoms with E-state index in [0.29, 0.717) is 25.7 Å². The summed E-state index contributed by atoms with van der Waals surface area (Å²) in [5.41, 5.74) is 3.38. The molecule has 2 heterocycles. The van der Waals surface area contributed by atoms with Crippen LogP contribution >= 0.6 is 0 Å². The quantitative estimate of drug-likeness (QED) is 0.672. The molecule has 1 atom stereocenters. The number of ether oxygens (including phenoxy) is 1. The maximum absolute atomic E-state index is 13.5. The fraction of sp³-hybridized carbons (Fsp3) is 0.444. The second-order valence-corrected chi connectivity index (χ2v) is 9.97. The summed E-state index contributed by atoms with van der Waals surface area (Å²) in [5.74, 6) is -1.56. The van der Waals surface area contributed by atoms with E-state index in [-0.39, 0.29) is 30.4 Å². The first-order chi connectivity index (χ1) is 16.3. The van der Waals surface area contributed by atoms with Crippen LogP contribution in [0.2, 0.25) is 0 Å². The van der Waals surface area contributed by atoms with Crippen LogP contribution in [0.15, 0.2) is 48.5 Å². The Morgan fingerprint density at radius 2 is 1.59 bits per heavy atom. The van der Waals surface area contributed by atoms with E-state index in [9.17, 15) is 19.5 Å². The Kier molecular flexibility index (Phi) is 5.58. The van der Waals surface area contributed by atoms with Gasteiger partial charge in [-0.05, 0) is 53.9 Å². The summed E-state index contributed by atoms with van der Waals surface area (Å²) >= 11 is 0. The van der Waals surface area contributed by atoms with Gasteiger partial charge in [0.1, 0.15) is 18.2 Å². The van der Waals surface area contributed by atoms with Gasteiger partial charge in [0.05, 0.1) is 0 Å². The van der Waals surface area contributed by atoms with Crippen LogP contribution in [-0.2, 0) is 14.3 Å². The zero-order chi connectivity index (χ0) is 24.0. The first kappa shape index (κ1) is 22.4. The smallest absolute Gasteiger partial charge is 0.407 e. The number of alkyl carbamates (subject to hydrolysis) is 1. The van der Waals surface area contributed by atoms with Crippen LogP contribution in [0, 0.1) is 5.92 Å². The average molecular weight is 463 g/mol. The molecular formula is C27H30N2O5. The minimum absolute atomic E-state index is 0.0731. The van der Waals surface area contributed by atoms with Crippen LogP contribution in [0.25, 0.3) is 11.1 Å². The van der Waals surface area contributed by atoms with Gasteiger partial charge in [0.15, 0.2) is 0 Å². The summed E-state index contributed by atoms with van der Waals surface area (Å²) in [4.78, 5) is 39.9. The lowest BCUT2D eigenvalue weighted by Crippen LogP contribution is -2.58. The van der Waals surface area contributed by atoms with Gasteiger partial charge in [-0.25, -0.2) is 9.59 Å². The number of carbonyl (C=O) groups is 3. The molecule has 2 aromatic rings. The van der Waals surface area contributed by atoms with Crippen LogP contribution in [0.4, 0.5) is 4.79 Å². The van der Waals surface area contributed by atoms with Crippen molar-refractivity contribution in [2.75, 3.05) is 6.61 Å². The molecule has 0 spiro atoms. The maximum Gasteiger partial charge on any atom is 0.407 e. The summed E-state index contributed by atoms with van der Waals surface area (Å²) in [5, 5.41) is 12.6. The molecule has 2 fully saturated rings. The van der Waals surface area contributed by atoms with Gasteiger partial charge in [-0.1, -0.05) is 62.4 Å². The number of hydrogen-bond acceptors (Lipinski definition) is 4. The highest BCUT2D eigenvalue weighted by molar-refractivity contribution is 5.93. The minimum Gasteiger partial charge on any atom is -0.479 e. The fourth-order valence-corrected chi connectivity index (χ4v) is 6.07. The van der Waals surface area contributed by atoms with E-state index in [0.717, 1.165) is 22.3 Å². The third-order valence-electron chi connectivity index (χ3n) is 7.79. The first-order valence-electron chi connectivity index (χ1n) is 12.0. The number of carboxylic acid groups (broad SMARTS) is 1. The number of nitrogens with zero attached hydrogens (tertiary/aromatic N) is 1. The molecule has 2 N–H and O–H groups in total. The zero-order valence-corrected chi connectivity index (χ0v) is 19.5. The summed E-state index contributed by atoms with van der Waals surface area (Å²) in [6.45, 7) is 3.85. The van der Waals surface area contributed by atoms with Crippen molar-refractivity contribution in [3.8, 4) is 11.1 Å². The predicted octanol–water partition coefficient (Wildman–Crippen LogP) is 4.16. The van der Waals surface area contributed by atoms with Crippen molar-refractivity contribution in [1.29, 1.82) is 0 Å². The van der Waals surface area contributed by atoms with Crippen molar-refractivity contribution in [1.82, 2.24) is 10.2 Å². The number of aliphatic carboxylic acids is 1. The zero-order valence-electron chi connectivity index (χ0n) is 19.5. The number of benzene rings is 2. The number of amides is 2. The molecule has 0 radical (unpaired) electrons. The summed E-state index contributed by atoms with van der Waals surface area (Å²) in [6, 6.07) is 15.3. The van der Waals surface area contributed by atoms with Crippen molar-refractivity contribution in [3.63, 3.8) is 0 Å². The molecule has 2 saturated heterocycles. The number of fused-ring (bicyclic) bond motifs is 5. The lowest BCUT2D eigenvalue weighted by Gasteiger charge is -2.35. The molecule has 5 rings (SSSR count). The molecule has 1 aliphatic carbocycles. The monoisotopic (exact) mass is 462 g/mol. The van der Waals surface area contributed by atoms with Gasteiger partial charge in [0.25, 0.3) is 0 Å². The molecule has 2 amide bonds. The van der Waals surface area contributed by atoms with E-state index >= 15 is 0 Å². The number of carboxylic acids is 1. The second-order valence-electron chi connectivity index (χ2n) is 9.97. The van der Waals surface area contributed by atoms with Crippen LogP contribution in [0.1, 0.15) is 56.6 Å². The minimum atomic E-state index is -1.14. The average Bonchev–Trinajstić information content (AvgIpc) is 3.49. The van der Waals surface area contributed by atoms with Gasteiger partial charge in [-0.3, -0.25) is 4.79 Å². The maximum atomic E-state index is 13.5. The molecule has 2 aromatic carbocycles. The summed E-state index contributed by atoms with van der Waals surface area (Å²) < 4.78 is 5.64. The molecule has 3 aliphatic rings. The Balaban J connectivity index is 1.29. The topological polar surface area (TPSA) is 95.9 Å². The Hall–Kier alpha value is -3.35. The van der Waals surface area contributed by atoms with Gasteiger partial charge < -0.3 is 20.1 Å². The second kappa shape index (κ2) is 8.46. The largest absolute Gasteiger partial charge is 0.479 e. The summed E-state index contributed by atoms with van der Waals surface area (Å²) in [7, 11) is 0. The van der Waals surface area contributed by atoms with Gasteiger partial charge in [0.2, 0.25) is 5.91 Å². The highest BCUT2D eigenvalue weighted by atomic mass is 16.5.